The van der Waals surface area contributed by atoms with Crippen LogP contribution < -0.4 is 5.32 Å². The lowest BCUT2D eigenvalue weighted by Gasteiger charge is -2.41. The van der Waals surface area contributed by atoms with E-state index >= 15 is 0 Å². The van der Waals surface area contributed by atoms with Gasteiger partial charge in [0.15, 0.2) is 0 Å². The average molecular weight is 429 g/mol. The van der Waals surface area contributed by atoms with Crippen molar-refractivity contribution in [2.45, 2.75) is 39.0 Å². The average Bonchev–Trinajstić information content (AvgIpc) is 2.66. The molecule has 2 saturated heterocycles. The second-order valence-corrected chi connectivity index (χ2v) is 9.62. The van der Waals surface area contributed by atoms with Crippen molar-refractivity contribution in [1.29, 1.82) is 0 Å². The maximum Gasteiger partial charge on any atom is 0.282 e. The van der Waals surface area contributed by atoms with Crippen LogP contribution in [0.15, 0.2) is 24.3 Å². The minimum Gasteiger partial charge on any atom is -0.373 e. The first-order valence-corrected chi connectivity index (χ1v) is 11.3. The lowest BCUT2D eigenvalue weighted by molar-refractivity contribution is -0.121. The second kappa shape index (κ2) is 9.05. The third-order valence-electron chi connectivity index (χ3n) is 5.33. The number of carbonyl (C=O) groups is 1. The van der Waals surface area contributed by atoms with Gasteiger partial charge < -0.3 is 10.1 Å². The summed E-state index contributed by atoms with van der Waals surface area (Å²) < 4.78 is 47.8. The van der Waals surface area contributed by atoms with Crippen LogP contribution >= 0.6 is 0 Å². The smallest absolute Gasteiger partial charge is 0.282 e. The number of hydrogen-bond donors (Lipinski definition) is 1. The van der Waals surface area contributed by atoms with E-state index in [4.69, 9.17) is 4.74 Å². The Bertz CT molecular complexity index is 819. The molecular formula is C19H29FN4O4S. The van der Waals surface area contributed by atoms with Crippen LogP contribution in [0, 0.1) is 5.82 Å². The van der Waals surface area contributed by atoms with E-state index in [0.29, 0.717) is 45.0 Å². The predicted octanol–water partition coefficient (Wildman–Crippen LogP) is 1.12. The molecule has 1 N–H and O–H groups in total. The van der Waals surface area contributed by atoms with Crippen LogP contribution in [-0.4, -0.2) is 85.4 Å². The number of ether oxygens (including phenoxy) is 1. The van der Waals surface area contributed by atoms with E-state index in [1.807, 2.05) is 18.7 Å². The van der Waals surface area contributed by atoms with Gasteiger partial charge in [-0.3, -0.25) is 9.69 Å². The van der Waals surface area contributed by atoms with Gasteiger partial charge in [-0.15, -0.1) is 0 Å². The molecule has 162 valence electrons. The molecule has 0 aromatic heterocycles. The second-order valence-electron chi connectivity index (χ2n) is 7.69. The van der Waals surface area contributed by atoms with Crippen molar-refractivity contribution in [3.05, 3.63) is 30.1 Å². The Kier molecular flexibility index (Phi) is 6.90. The Morgan fingerprint density at radius 3 is 2.34 bits per heavy atom. The highest BCUT2D eigenvalue weighted by atomic mass is 32.2. The number of nitrogens with zero attached hydrogens (tertiary/aromatic N) is 3. The maximum absolute atomic E-state index is 13.3. The van der Waals surface area contributed by atoms with Crippen LogP contribution in [0.4, 0.5) is 10.1 Å². The molecule has 1 aromatic rings. The molecule has 29 heavy (non-hydrogen) atoms. The number of halogens is 1. The number of rotatable bonds is 5. The number of amides is 1. The molecular weight excluding hydrogens is 399 g/mol. The molecule has 2 heterocycles. The molecule has 0 bridgehead atoms. The van der Waals surface area contributed by atoms with Gasteiger partial charge in [0.25, 0.3) is 10.2 Å². The predicted molar refractivity (Wildman–Crippen MR) is 108 cm³/mol. The van der Waals surface area contributed by atoms with E-state index in [-0.39, 0.29) is 18.1 Å². The summed E-state index contributed by atoms with van der Waals surface area (Å²) in [7, 11) is -3.56. The van der Waals surface area contributed by atoms with Gasteiger partial charge >= 0.3 is 0 Å². The molecule has 2 aliphatic rings. The third kappa shape index (κ3) is 5.32. The van der Waals surface area contributed by atoms with Crippen LogP contribution in [-0.2, 0) is 19.7 Å². The number of benzene rings is 1. The fraction of sp³-hybridized carbons (Fsp3) is 0.632. The molecule has 2 fully saturated rings. The highest BCUT2D eigenvalue weighted by Crippen LogP contribution is 2.20. The minimum atomic E-state index is -3.56. The van der Waals surface area contributed by atoms with Gasteiger partial charge in [-0.05, 0) is 39.0 Å². The van der Waals surface area contributed by atoms with Crippen molar-refractivity contribution in [3.63, 3.8) is 0 Å². The van der Waals surface area contributed by atoms with Gasteiger partial charge in [-0.2, -0.15) is 17.0 Å². The molecule has 0 saturated carbocycles. The Morgan fingerprint density at radius 2 is 1.76 bits per heavy atom. The first kappa shape index (κ1) is 22.1. The topological polar surface area (TPSA) is 82.2 Å². The first-order valence-electron chi connectivity index (χ1n) is 9.88. The standard InChI is InChI=1S/C19H29FN4O4S/c1-14-12-24(13-15(2)28-14)29(26,27)23-9-7-22(8-10-23)16(3)19(25)21-18-6-4-5-17(20)11-18/h4-6,11,14-16H,7-10,12-13H2,1-3H3,(H,21,25)/t14-,15-,16+/m1/s1. The van der Waals surface area contributed by atoms with E-state index in [0.717, 1.165) is 0 Å². The summed E-state index contributed by atoms with van der Waals surface area (Å²) >= 11 is 0. The molecule has 1 aromatic carbocycles. The molecule has 10 heteroatoms. The number of anilines is 1. The molecule has 8 nitrogen and oxygen atoms in total. The number of morpholine rings is 1. The summed E-state index contributed by atoms with van der Waals surface area (Å²) in [6.45, 7) is 7.74. The SMILES string of the molecule is C[C@@H]1CN(S(=O)(=O)N2CCN([C@@H](C)C(=O)Nc3cccc(F)c3)CC2)C[C@@H](C)O1. The highest BCUT2D eigenvalue weighted by molar-refractivity contribution is 7.86. The first-order chi connectivity index (χ1) is 13.7. The van der Waals surface area contributed by atoms with E-state index in [9.17, 15) is 17.6 Å². The molecule has 3 atom stereocenters. The Labute approximate surface area is 171 Å². The monoisotopic (exact) mass is 428 g/mol. The van der Waals surface area contributed by atoms with Gasteiger partial charge in [0.05, 0.1) is 18.2 Å². The van der Waals surface area contributed by atoms with Crippen LogP contribution in [0.2, 0.25) is 0 Å². The van der Waals surface area contributed by atoms with Crippen LogP contribution in [0.3, 0.4) is 0 Å². The molecule has 0 radical (unpaired) electrons. The Hall–Kier alpha value is -1.59. The molecule has 2 aliphatic heterocycles. The summed E-state index contributed by atoms with van der Waals surface area (Å²) in [5.74, 6) is -0.663. The molecule has 0 unspecified atom stereocenters. The van der Waals surface area contributed by atoms with Crippen molar-refractivity contribution in [2.24, 2.45) is 0 Å². The highest BCUT2D eigenvalue weighted by Gasteiger charge is 2.37. The summed E-state index contributed by atoms with van der Waals surface area (Å²) in [5.41, 5.74) is 0.402. The van der Waals surface area contributed by atoms with Gasteiger partial charge in [-0.25, -0.2) is 4.39 Å². The van der Waals surface area contributed by atoms with E-state index in [1.165, 1.54) is 26.8 Å². The zero-order valence-electron chi connectivity index (χ0n) is 17.0. The minimum absolute atomic E-state index is 0.138. The van der Waals surface area contributed by atoms with Crippen LogP contribution in [0.25, 0.3) is 0 Å². The van der Waals surface area contributed by atoms with Crippen LogP contribution in [0.5, 0.6) is 0 Å². The third-order valence-corrected chi connectivity index (χ3v) is 7.30. The number of nitrogens with one attached hydrogen (secondary N) is 1. The van der Waals surface area contributed by atoms with Gasteiger partial charge in [-0.1, -0.05) is 6.07 Å². The van der Waals surface area contributed by atoms with Gasteiger partial charge in [0, 0.05) is 45.0 Å². The van der Waals surface area contributed by atoms with Crippen molar-refractivity contribution in [3.8, 4) is 0 Å². The lowest BCUT2D eigenvalue weighted by Crippen LogP contribution is -2.58. The van der Waals surface area contributed by atoms with Crippen LogP contribution in [0.1, 0.15) is 20.8 Å². The summed E-state index contributed by atoms with van der Waals surface area (Å²) in [6, 6.07) is 5.29. The maximum atomic E-state index is 13.3. The zero-order chi connectivity index (χ0) is 21.2. The molecule has 1 amide bonds. The fourth-order valence-electron chi connectivity index (χ4n) is 3.78. The summed E-state index contributed by atoms with van der Waals surface area (Å²) in [5, 5.41) is 2.71. The van der Waals surface area contributed by atoms with Crippen molar-refractivity contribution in [1.82, 2.24) is 13.5 Å². The van der Waals surface area contributed by atoms with Crippen molar-refractivity contribution in [2.75, 3.05) is 44.6 Å². The number of hydrogen-bond acceptors (Lipinski definition) is 5. The van der Waals surface area contributed by atoms with Gasteiger partial charge in [0.2, 0.25) is 5.91 Å². The number of piperazine rings is 1. The lowest BCUT2D eigenvalue weighted by atomic mass is 10.2. The van der Waals surface area contributed by atoms with Crippen molar-refractivity contribution >= 4 is 21.8 Å². The molecule has 0 spiro atoms. The summed E-state index contributed by atoms with van der Waals surface area (Å²) in [6.07, 6.45) is -0.275. The normalized spacial score (nSPS) is 26.2. The Balaban J connectivity index is 1.56. The largest absolute Gasteiger partial charge is 0.373 e. The number of carbonyl (C=O) groups excluding carboxylic acids is 1. The Morgan fingerprint density at radius 1 is 1.14 bits per heavy atom. The van der Waals surface area contributed by atoms with E-state index < -0.39 is 22.1 Å². The molecule has 3 rings (SSSR count). The van der Waals surface area contributed by atoms with E-state index in [1.54, 1.807) is 13.0 Å². The fourth-order valence-corrected chi connectivity index (χ4v) is 5.53. The van der Waals surface area contributed by atoms with E-state index in [2.05, 4.69) is 5.32 Å². The van der Waals surface area contributed by atoms with Gasteiger partial charge in [0.1, 0.15) is 5.82 Å². The zero-order valence-corrected chi connectivity index (χ0v) is 17.9. The summed E-state index contributed by atoms with van der Waals surface area (Å²) in [4.78, 5) is 14.4. The van der Waals surface area contributed by atoms with Crippen molar-refractivity contribution < 1.29 is 22.3 Å². The quantitative estimate of drug-likeness (QED) is 0.760. The molecule has 0 aliphatic carbocycles.